The molecule has 1 saturated heterocycles. The lowest BCUT2D eigenvalue weighted by molar-refractivity contribution is -0.149. The third kappa shape index (κ3) is 3.16. The van der Waals surface area contributed by atoms with E-state index in [1.165, 1.54) is 0 Å². The normalized spacial score (nSPS) is 28.2. The highest BCUT2D eigenvalue weighted by atomic mass is 32.2. The molecule has 124 valence electrons. The molecule has 2 fully saturated rings. The molecular formula is C14H23N3O4S. The number of amides is 3. The molecule has 1 heterocycles. The third-order valence-electron chi connectivity index (χ3n) is 4.83. The van der Waals surface area contributed by atoms with Crippen molar-refractivity contribution in [2.24, 2.45) is 17.1 Å². The molecule has 3 atom stereocenters. The minimum atomic E-state index is -0.811. The van der Waals surface area contributed by atoms with Crippen molar-refractivity contribution < 1.29 is 19.5 Å². The molecule has 1 aliphatic heterocycles. The lowest BCUT2D eigenvalue weighted by atomic mass is 9.81. The van der Waals surface area contributed by atoms with E-state index in [2.05, 4.69) is 5.32 Å². The Bertz CT molecular complexity index is 473. The Morgan fingerprint density at radius 3 is 2.77 bits per heavy atom. The Kier molecular flexibility index (Phi) is 5.20. The average Bonchev–Trinajstić information content (AvgIpc) is 3.00. The summed E-state index contributed by atoms with van der Waals surface area (Å²) in [6.07, 6.45) is 4.77. The van der Waals surface area contributed by atoms with Crippen LogP contribution in [0, 0.1) is 11.3 Å². The summed E-state index contributed by atoms with van der Waals surface area (Å²) >= 11 is 1.58. The van der Waals surface area contributed by atoms with E-state index >= 15 is 0 Å². The molecule has 1 aliphatic carbocycles. The number of nitrogens with zero attached hydrogens (tertiary/aromatic N) is 1. The number of fused-ring (bicyclic) bond motifs is 1. The molecule has 0 aromatic heterocycles. The molecule has 0 aromatic carbocycles. The van der Waals surface area contributed by atoms with E-state index < -0.39 is 23.5 Å². The first-order chi connectivity index (χ1) is 10.4. The first-order valence-corrected chi connectivity index (χ1v) is 8.87. The standard InChI is InChI=1S/C14H23N3O4S/c1-22-6-4-10(16-13(15)21)11(18)17-7-9-3-2-5-14(9,8-17)12(19)20/h9-10H,2-8H2,1H3,(H,19,20)(H3,15,16,21)/t9-,10?,14+/m0/s1. The molecule has 0 spiro atoms. The lowest BCUT2D eigenvalue weighted by Crippen LogP contribution is -2.50. The van der Waals surface area contributed by atoms with Crippen LogP contribution in [0.15, 0.2) is 0 Å². The van der Waals surface area contributed by atoms with Crippen molar-refractivity contribution in [1.82, 2.24) is 10.2 Å². The van der Waals surface area contributed by atoms with Gasteiger partial charge in [0, 0.05) is 13.1 Å². The number of carbonyl (C=O) groups is 3. The van der Waals surface area contributed by atoms with Gasteiger partial charge in [-0.15, -0.1) is 0 Å². The highest BCUT2D eigenvalue weighted by Crippen LogP contribution is 2.49. The van der Waals surface area contributed by atoms with Crippen molar-refractivity contribution in [2.75, 3.05) is 25.1 Å². The Hall–Kier alpha value is -1.44. The van der Waals surface area contributed by atoms with Crippen LogP contribution in [-0.2, 0) is 9.59 Å². The number of hydrogen-bond donors (Lipinski definition) is 3. The van der Waals surface area contributed by atoms with Crippen LogP contribution in [0.2, 0.25) is 0 Å². The second-order valence-electron chi connectivity index (χ2n) is 6.11. The van der Waals surface area contributed by atoms with Crippen LogP contribution in [0.3, 0.4) is 0 Å². The fourth-order valence-electron chi connectivity index (χ4n) is 3.69. The first kappa shape index (κ1) is 16.9. The van der Waals surface area contributed by atoms with Gasteiger partial charge >= 0.3 is 12.0 Å². The van der Waals surface area contributed by atoms with Gasteiger partial charge in [-0.05, 0) is 37.2 Å². The molecule has 1 unspecified atom stereocenters. The minimum absolute atomic E-state index is 0.0173. The van der Waals surface area contributed by atoms with Crippen molar-refractivity contribution in [1.29, 1.82) is 0 Å². The van der Waals surface area contributed by atoms with E-state index in [9.17, 15) is 19.5 Å². The number of rotatable bonds is 6. The summed E-state index contributed by atoms with van der Waals surface area (Å²) < 4.78 is 0. The molecule has 1 saturated carbocycles. The Morgan fingerprint density at radius 1 is 1.50 bits per heavy atom. The fraction of sp³-hybridized carbons (Fsp3) is 0.786. The Balaban J connectivity index is 2.08. The summed E-state index contributed by atoms with van der Waals surface area (Å²) in [5, 5.41) is 12.1. The molecule has 0 radical (unpaired) electrons. The van der Waals surface area contributed by atoms with Gasteiger partial charge < -0.3 is 21.1 Å². The van der Waals surface area contributed by atoms with Crippen LogP contribution in [-0.4, -0.2) is 59.1 Å². The van der Waals surface area contributed by atoms with Gasteiger partial charge in [0.25, 0.3) is 0 Å². The SMILES string of the molecule is CSCCC(NC(N)=O)C(=O)N1C[C@@H]2CCC[C@@]2(C(=O)O)C1. The van der Waals surface area contributed by atoms with Gasteiger partial charge in [0.1, 0.15) is 6.04 Å². The number of likely N-dealkylation sites (tertiary alicyclic amines) is 1. The van der Waals surface area contributed by atoms with Crippen molar-refractivity contribution in [3.05, 3.63) is 0 Å². The fourth-order valence-corrected chi connectivity index (χ4v) is 4.16. The summed E-state index contributed by atoms with van der Waals surface area (Å²) in [7, 11) is 0. The third-order valence-corrected chi connectivity index (χ3v) is 5.48. The van der Waals surface area contributed by atoms with Crippen molar-refractivity contribution in [3.8, 4) is 0 Å². The predicted octanol–water partition coefficient (Wildman–Crippen LogP) is 0.490. The number of carboxylic acid groups (broad SMARTS) is 1. The molecule has 2 rings (SSSR count). The average molecular weight is 329 g/mol. The van der Waals surface area contributed by atoms with Crippen LogP contribution in [0.4, 0.5) is 4.79 Å². The summed E-state index contributed by atoms with van der Waals surface area (Å²) in [4.78, 5) is 37.0. The molecule has 0 bridgehead atoms. The number of thioether (sulfide) groups is 1. The van der Waals surface area contributed by atoms with Gasteiger partial charge in [0.2, 0.25) is 5.91 Å². The molecule has 2 aliphatic rings. The van der Waals surface area contributed by atoms with E-state index in [1.54, 1.807) is 16.7 Å². The molecule has 0 aromatic rings. The van der Waals surface area contributed by atoms with Gasteiger partial charge in [-0.3, -0.25) is 9.59 Å². The zero-order chi connectivity index (χ0) is 16.3. The number of nitrogens with one attached hydrogen (secondary N) is 1. The van der Waals surface area contributed by atoms with E-state index in [4.69, 9.17) is 5.73 Å². The summed E-state index contributed by atoms with van der Waals surface area (Å²) in [5.74, 6) is -0.293. The maximum absolute atomic E-state index is 12.6. The van der Waals surface area contributed by atoms with Crippen LogP contribution in [0.25, 0.3) is 0 Å². The topological polar surface area (TPSA) is 113 Å². The van der Waals surface area contributed by atoms with E-state index in [0.29, 0.717) is 19.4 Å². The molecule has 8 heteroatoms. The zero-order valence-electron chi connectivity index (χ0n) is 12.7. The maximum atomic E-state index is 12.6. The number of primary amides is 1. The molecule has 22 heavy (non-hydrogen) atoms. The highest BCUT2D eigenvalue weighted by Gasteiger charge is 2.56. The van der Waals surface area contributed by atoms with E-state index in [0.717, 1.165) is 18.6 Å². The first-order valence-electron chi connectivity index (χ1n) is 7.48. The second-order valence-corrected chi connectivity index (χ2v) is 7.10. The molecule has 4 N–H and O–H groups in total. The molecule has 3 amide bonds. The van der Waals surface area contributed by atoms with Crippen molar-refractivity contribution in [2.45, 2.75) is 31.7 Å². The summed E-state index contributed by atoms with van der Waals surface area (Å²) in [6, 6.07) is -1.40. The largest absolute Gasteiger partial charge is 0.481 e. The quantitative estimate of drug-likeness (QED) is 0.656. The predicted molar refractivity (Wildman–Crippen MR) is 83.5 cm³/mol. The van der Waals surface area contributed by atoms with E-state index in [-0.39, 0.29) is 18.4 Å². The highest BCUT2D eigenvalue weighted by molar-refractivity contribution is 7.98. The number of urea groups is 1. The van der Waals surface area contributed by atoms with Gasteiger partial charge in [-0.25, -0.2) is 4.79 Å². The molecular weight excluding hydrogens is 306 g/mol. The van der Waals surface area contributed by atoms with Crippen LogP contribution < -0.4 is 11.1 Å². The number of aliphatic carboxylic acids is 1. The number of carbonyl (C=O) groups excluding carboxylic acids is 2. The van der Waals surface area contributed by atoms with Gasteiger partial charge in [0.15, 0.2) is 0 Å². The lowest BCUT2D eigenvalue weighted by Gasteiger charge is -2.26. The second kappa shape index (κ2) is 6.76. The number of carboxylic acids is 1. The van der Waals surface area contributed by atoms with Gasteiger partial charge in [-0.1, -0.05) is 6.42 Å². The summed E-state index contributed by atoms with van der Waals surface area (Å²) in [5.41, 5.74) is 4.35. The monoisotopic (exact) mass is 329 g/mol. The van der Waals surface area contributed by atoms with Crippen molar-refractivity contribution in [3.63, 3.8) is 0 Å². The van der Waals surface area contributed by atoms with E-state index in [1.807, 2.05) is 6.26 Å². The summed E-state index contributed by atoms with van der Waals surface area (Å²) in [6.45, 7) is 0.698. The number of nitrogens with two attached hydrogens (primary N) is 1. The number of hydrogen-bond acceptors (Lipinski definition) is 4. The maximum Gasteiger partial charge on any atom is 0.312 e. The van der Waals surface area contributed by atoms with Crippen LogP contribution in [0.1, 0.15) is 25.7 Å². The van der Waals surface area contributed by atoms with Crippen LogP contribution in [0.5, 0.6) is 0 Å². The zero-order valence-corrected chi connectivity index (χ0v) is 13.5. The molecule has 7 nitrogen and oxygen atoms in total. The van der Waals surface area contributed by atoms with Gasteiger partial charge in [0.05, 0.1) is 5.41 Å². The minimum Gasteiger partial charge on any atom is -0.481 e. The smallest absolute Gasteiger partial charge is 0.312 e. The Morgan fingerprint density at radius 2 is 2.23 bits per heavy atom. The van der Waals surface area contributed by atoms with Crippen LogP contribution >= 0.6 is 11.8 Å². The van der Waals surface area contributed by atoms with Gasteiger partial charge in [-0.2, -0.15) is 11.8 Å². The van der Waals surface area contributed by atoms with Crippen molar-refractivity contribution >= 4 is 29.7 Å². The Labute approximate surface area is 134 Å².